The molecule has 0 N–H and O–H groups in total. The summed E-state index contributed by atoms with van der Waals surface area (Å²) >= 11 is 2.05. The fraction of sp³-hybridized carbons (Fsp3) is 0.0794. The second-order valence-electron chi connectivity index (χ2n) is 19.5. The van der Waals surface area contributed by atoms with Gasteiger partial charge >= 0.3 is 0 Å². The van der Waals surface area contributed by atoms with E-state index in [0.717, 1.165) is 5.69 Å². The van der Waals surface area contributed by atoms with Gasteiger partial charge in [0.05, 0.1) is 11.1 Å². The van der Waals surface area contributed by atoms with Crippen LogP contribution >= 0.6 is 11.3 Å². The Hall–Kier alpha value is -7.66. The van der Waals surface area contributed by atoms with Gasteiger partial charge in [-0.3, -0.25) is 0 Å². The van der Waals surface area contributed by atoms with E-state index >= 15 is 0 Å². The highest BCUT2D eigenvalue weighted by Crippen LogP contribution is 2.66. The molecule has 4 aliphatic rings. The zero-order valence-electron chi connectivity index (χ0n) is 37.7. The summed E-state index contributed by atoms with van der Waals surface area (Å²) in [5.41, 5.74) is 25.2. The first kappa shape index (κ1) is 38.6. The summed E-state index contributed by atoms with van der Waals surface area (Å²) in [6.07, 6.45) is 0. The third kappa shape index (κ3) is 5.28. The lowest BCUT2D eigenvalue weighted by molar-refractivity contribution is 0.590. The predicted octanol–water partition coefficient (Wildman–Crippen LogP) is 14.8. The molecule has 2 aliphatic carbocycles. The molecule has 0 saturated heterocycles. The monoisotopic (exact) mass is 872 g/mol. The molecule has 9 aromatic carbocycles. The van der Waals surface area contributed by atoms with Crippen LogP contribution in [0.5, 0.6) is 0 Å². The van der Waals surface area contributed by atoms with Crippen LogP contribution in [0.2, 0.25) is 0 Å². The van der Waals surface area contributed by atoms with E-state index in [1.54, 1.807) is 0 Å². The SMILES string of the molecule is CC(C)(C)c1ccc(N2c3cc(-c4ccccc4-c4ccccc4)ccc3B3c4sc5c(c4N(c4ccccc4)c4cccc2c43)-c2ccccc2C52c3ccccc3-c3ccccc32)cc1. The second-order valence-corrected chi connectivity index (χ2v) is 20.6. The summed E-state index contributed by atoms with van der Waals surface area (Å²) in [7, 11) is 0. The first-order valence-corrected chi connectivity index (χ1v) is 24.4. The highest BCUT2D eigenvalue weighted by Gasteiger charge is 2.56. The Labute approximate surface area is 397 Å². The second kappa shape index (κ2) is 14.2. The molecule has 316 valence electrons. The number of hydrogen-bond donors (Lipinski definition) is 0. The average Bonchev–Trinajstić information content (AvgIpc) is 4.01. The lowest BCUT2D eigenvalue weighted by Crippen LogP contribution is -2.60. The Morgan fingerprint density at radius 1 is 0.433 bits per heavy atom. The molecule has 0 unspecified atom stereocenters. The van der Waals surface area contributed by atoms with Crippen molar-refractivity contribution in [1.82, 2.24) is 0 Å². The summed E-state index contributed by atoms with van der Waals surface area (Å²) in [6, 6.07) is 82.2. The van der Waals surface area contributed by atoms with Gasteiger partial charge < -0.3 is 9.80 Å². The van der Waals surface area contributed by atoms with Crippen molar-refractivity contribution in [2.45, 2.75) is 31.6 Å². The van der Waals surface area contributed by atoms with E-state index in [1.165, 1.54) is 116 Å². The van der Waals surface area contributed by atoms with Gasteiger partial charge in [0.15, 0.2) is 0 Å². The normalized spacial score (nSPS) is 14.2. The van der Waals surface area contributed by atoms with Gasteiger partial charge in [-0.1, -0.05) is 197 Å². The highest BCUT2D eigenvalue weighted by atomic mass is 32.1. The Kier molecular flexibility index (Phi) is 8.17. The Bertz CT molecular complexity index is 3590. The number of para-hydroxylation sites is 1. The summed E-state index contributed by atoms with van der Waals surface area (Å²) in [5, 5.41) is 0. The van der Waals surface area contributed by atoms with Crippen LogP contribution in [-0.2, 0) is 10.8 Å². The van der Waals surface area contributed by atoms with Crippen molar-refractivity contribution in [2.24, 2.45) is 0 Å². The van der Waals surface area contributed by atoms with Crippen LogP contribution in [-0.4, -0.2) is 6.71 Å². The average molecular weight is 873 g/mol. The van der Waals surface area contributed by atoms with Gasteiger partial charge in [-0.25, -0.2) is 0 Å². The number of hydrogen-bond acceptors (Lipinski definition) is 3. The summed E-state index contributed by atoms with van der Waals surface area (Å²) in [6.45, 7) is 6.89. The maximum atomic E-state index is 2.61. The molecule has 14 rings (SSSR count). The van der Waals surface area contributed by atoms with E-state index < -0.39 is 5.41 Å². The molecular weight excluding hydrogens is 828 g/mol. The van der Waals surface area contributed by atoms with E-state index in [4.69, 9.17) is 0 Å². The van der Waals surface area contributed by atoms with Crippen LogP contribution < -0.4 is 25.5 Å². The minimum absolute atomic E-state index is 0.00798. The number of rotatable bonds is 4. The molecule has 0 amide bonds. The molecule has 67 heavy (non-hydrogen) atoms. The van der Waals surface area contributed by atoms with Gasteiger partial charge in [-0.05, 0) is 120 Å². The minimum Gasteiger partial charge on any atom is -0.311 e. The van der Waals surface area contributed by atoms with Crippen molar-refractivity contribution in [3.63, 3.8) is 0 Å². The molecule has 1 aromatic heterocycles. The van der Waals surface area contributed by atoms with Crippen molar-refractivity contribution in [3.8, 4) is 44.5 Å². The van der Waals surface area contributed by atoms with Crippen LogP contribution in [0.15, 0.2) is 218 Å². The largest absolute Gasteiger partial charge is 0.311 e. The number of benzene rings is 9. The van der Waals surface area contributed by atoms with Crippen LogP contribution in [0.4, 0.5) is 34.1 Å². The summed E-state index contributed by atoms with van der Waals surface area (Å²) in [5.74, 6) is 0. The van der Waals surface area contributed by atoms with Gasteiger partial charge in [0, 0.05) is 43.7 Å². The van der Waals surface area contributed by atoms with E-state index in [9.17, 15) is 0 Å². The highest BCUT2D eigenvalue weighted by molar-refractivity contribution is 7.30. The molecule has 0 bridgehead atoms. The molecular formula is C63H45BN2S. The molecule has 0 fully saturated rings. The molecule has 0 atom stereocenters. The smallest absolute Gasteiger partial charge is 0.264 e. The van der Waals surface area contributed by atoms with Crippen LogP contribution in [0, 0.1) is 0 Å². The van der Waals surface area contributed by atoms with E-state index in [2.05, 4.69) is 249 Å². The lowest BCUT2D eigenvalue weighted by atomic mass is 9.36. The number of fused-ring (bicyclic) bond motifs is 15. The molecule has 3 heterocycles. The van der Waals surface area contributed by atoms with Crippen molar-refractivity contribution < 1.29 is 0 Å². The van der Waals surface area contributed by atoms with Crippen molar-refractivity contribution >= 4 is 67.9 Å². The lowest BCUT2D eigenvalue weighted by Gasteiger charge is -2.43. The topological polar surface area (TPSA) is 6.48 Å². The van der Waals surface area contributed by atoms with Gasteiger partial charge in [-0.2, -0.15) is 0 Å². The third-order valence-electron chi connectivity index (χ3n) is 15.0. The quantitative estimate of drug-likeness (QED) is 0.163. The molecule has 10 aromatic rings. The van der Waals surface area contributed by atoms with Crippen molar-refractivity contribution in [1.29, 1.82) is 0 Å². The predicted molar refractivity (Wildman–Crippen MR) is 284 cm³/mol. The van der Waals surface area contributed by atoms with Gasteiger partial charge in [0.2, 0.25) is 0 Å². The summed E-state index contributed by atoms with van der Waals surface area (Å²) in [4.78, 5) is 6.59. The third-order valence-corrected chi connectivity index (χ3v) is 16.4. The molecule has 4 heteroatoms. The van der Waals surface area contributed by atoms with Crippen molar-refractivity contribution in [3.05, 3.63) is 246 Å². The molecule has 2 aliphatic heterocycles. The fourth-order valence-corrected chi connectivity index (χ4v) is 13.8. The Morgan fingerprint density at radius 3 is 1.60 bits per heavy atom. The van der Waals surface area contributed by atoms with Crippen LogP contribution in [0.1, 0.15) is 47.9 Å². The zero-order chi connectivity index (χ0) is 44.6. The van der Waals surface area contributed by atoms with Crippen molar-refractivity contribution in [2.75, 3.05) is 9.80 Å². The molecule has 2 nitrogen and oxygen atoms in total. The Morgan fingerprint density at radius 2 is 0.955 bits per heavy atom. The summed E-state index contributed by atoms with van der Waals surface area (Å²) < 4.78 is 1.39. The van der Waals surface area contributed by atoms with E-state index in [0.29, 0.717) is 0 Å². The first-order valence-electron chi connectivity index (χ1n) is 23.6. The van der Waals surface area contributed by atoms with Gasteiger partial charge in [0.1, 0.15) is 0 Å². The maximum absolute atomic E-state index is 2.61. The number of anilines is 6. The first-order chi connectivity index (χ1) is 32.9. The number of thiophene rings is 1. The Balaban J connectivity index is 1.08. The number of nitrogens with zero attached hydrogens (tertiary/aromatic N) is 2. The van der Waals surface area contributed by atoms with Crippen LogP contribution in [0.25, 0.3) is 44.5 Å². The standard InChI is InChI=1S/C63H45BN2S/c1-62(2,3)42-34-36-44(37-35-42)65-54-31-18-32-55-58(54)64(53-38-33-41(39-56(53)65)46-24-11-10-23-45(46)40-19-6-4-7-20-40)61-59(66(55)43-21-8-5-9-22-43)57-49-27-14-17-30-52(49)63(60(57)67-61)50-28-15-12-25-47(50)48-26-13-16-29-51(48)63/h4-39H,1-3H3. The van der Waals surface area contributed by atoms with Gasteiger partial charge in [0.25, 0.3) is 6.71 Å². The molecule has 1 spiro atoms. The fourth-order valence-electron chi connectivity index (χ4n) is 12.2. The zero-order valence-corrected chi connectivity index (χ0v) is 38.5. The molecule has 0 radical (unpaired) electrons. The molecule has 0 saturated carbocycles. The minimum atomic E-state index is -0.443. The van der Waals surface area contributed by atoms with Gasteiger partial charge in [-0.15, -0.1) is 11.3 Å². The maximum Gasteiger partial charge on any atom is 0.264 e. The van der Waals surface area contributed by atoms with E-state index in [1.807, 2.05) is 11.3 Å². The van der Waals surface area contributed by atoms with E-state index in [-0.39, 0.29) is 12.1 Å². The van der Waals surface area contributed by atoms with Crippen LogP contribution in [0.3, 0.4) is 0 Å².